The van der Waals surface area contributed by atoms with E-state index >= 15 is 0 Å². The van der Waals surface area contributed by atoms with Crippen LogP contribution in [-0.2, 0) is 11.3 Å². The van der Waals surface area contributed by atoms with Gasteiger partial charge >= 0.3 is 5.97 Å². The van der Waals surface area contributed by atoms with Gasteiger partial charge < -0.3 is 22.1 Å². The van der Waals surface area contributed by atoms with Crippen molar-refractivity contribution in [3.63, 3.8) is 0 Å². The zero-order chi connectivity index (χ0) is 19.3. The quantitative estimate of drug-likeness (QED) is 0.360. The third-order valence-corrected chi connectivity index (χ3v) is 5.23. The van der Waals surface area contributed by atoms with Crippen LogP contribution in [0.5, 0.6) is 0 Å². The Hall–Kier alpha value is -3.31. The van der Waals surface area contributed by atoms with Gasteiger partial charge in [-0.15, -0.1) is 0 Å². The van der Waals surface area contributed by atoms with Gasteiger partial charge in [-0.05, 0) is 18.6 Å². The predicted octanol–water partition coefficient (Wildman–Crippen LogP) is 1.01. The van der Waals surface area contributed by atoms with Gasteiger partial charge in [0.05, 0.1) is 12.6 Å². The molecule has 2 aromatic carbocycles. The number of methoxy groups -OCH3 is 1. The van der Waals surface area contributed by atoms with Gasteiger partial charge in [0, 0.05) is 22.4 Å². The Bertz CT molecular complexity index is 1350. The van der Waals surface area contributed by atoms with Gasteiger partial charge in [0.25, 0.3) is 0 Å². The Kier molecular flexibility index (Phi) is 4.76. The number of carbonyl (C=O) groups is 1. The van der Waals surface area contributed by atoms with Crippen LogP contribution in [0.15, 0.2) is 67.1 Å². The largest absolute Gasteiger partial charge is 1.00 e. The molecule has 0 spiro atoms. The molecule has 6 heteroatoms. The molecule has 146 valence electrons. The average Bonchev–Trinajstić information content (AvgIpc) is 3.29. The number of hydrogen-bond acceptors (Lipinski definition) is 2. The number of para-hydroxylation sites is 1. The first-order valence-electron chi connectivity index (χ1n) is 9.22. The molecule has 0 aliphatic heterocycles. The monoisotopic (exact) mass is 405 g/mol. The Morgan fingerprint density at radius 3 is 2.62 bits per heavy atom. The number of aromatic nitrogens is 3. The van der Waals surface area contributed by atoms with Crippen molar-refractivity contribution >= 4 is 33.3 Å². The third-order valence-electron chi connectivity index (χ3n) is 5.23. The molecule has 0 saturated heterocycles. The lowest BCUT2D eigenvalue weighted by Gasteiger charge is -2.00. The van der Waals surface area contributed by atoms with Gasteiger partial charge in [0.15, 0.2) is 5.52 Å². The van der Waals surface area contributed by atoms with Gasteiger partial charge in [-0.1, -0.05) is 48.0 Å². The fourth-order valence-corrected chi connectivity index (χ4v) is 3.81. The summed E-state index contributed by atoms with van der Waals surface area (Å²) in [6.07, 6.45) is 4.02. The number of H-pyrrole nitrogens is 1. The molecule has 0 radical (unpaired) electrons. The fraction of sp³-hybridized carbons (Fsp3) is 0.130. The Balaban J connectivity index is 0.00000205. The number of pyridine rings is 1. The minimum absolute atomic E-state index is 0. The van der Waals surface area contributed by atoms with E-state index in [0.29, 0.717) is 5.69 Å². The number of nitrogens with zero attached hydrogens (tertiary/aromatic N) is 2. The van der Waals surface area contributed by atoms with Crippen LogP contribution in [0.1, 0.15) is 21.6 Å². The van der Waals surface area contributed by atoms with E-state index in [-0.39, 0.29) is 18.4 Å². The van der Waals surface area contributed by atoms with Gasteiger partial charge in [-0.3, -0.25) is 0 Å². The second kappa shape index (κ2) is 7.26. The first-order chi connectivity index (χ1) is 13.6. The molecule has 0 unspecified atom stereocenters. The second-order valence-electron chi connectivity index (χ2n) is 7.14. The number of rotatable bonds is 3. The Morgan fingerprint density at radius 2 is 1.86 bits per heavy atom. The van der Waals surface area contributed by atoms with Gasteiger partial charge in [0.2, 0.25) is 12.0 Å². The molecule has 0 aliphatic carbocycles. The van der Waals surface area contributed by atoms with E-state index in [4.69, 9.17) is 4.74 Å². The van der Waals surface area contributed by atoms with Crippen LogP contribution >= 0.6 is 0 Å². The number of aryl methyl sites for hydroxylation is 1. The lowest BCUT2D eigenvalue weighted by atomic mass is 10.1. The molecule has 0 saturated carbocycles. The molecular formula is C23H20ClN3O2. The standard InChI is InChI=1S/C23H19N3O2.ClH/c1-15-7-9-16(10-8-15)12-25-13-21-22-18(17-5-3-4-6-19(17)24-22)11-20(23(27)28-2)26(21)14-25;/h3-11,13-14H,12H2,1-2H3;1H. The van der Waals surface area contributed by atoms with E-state index in [1.807, 2.05) is 35.0 Å². The number of fused-ring (bicyclic) bond motifs is 5. The predicted molar refractivity (Wildman–Crippen MR) is 109 cm³/mol. The molecule has 29 heavy (non-hydrogen) atoms. The number of hydrogen-bond donors (Lipinski definition) is 1. The highest BCUT2D eigenvalue weighted by atomic mass is 35.5. The molecule has 0 amide bonds. The number of esters is 1. The zero-order valence-electron chi connectivity index (χ0n) is 16.1. The second-order valence-corrected chi connectivity index (χ2v) is 7.14. The number of aromatic amines is 1. The maximum atomic E-state index is 12.5. The van der Waals surface area contributed by atoms with Crippen molar-refractivity contribution in [3.05, 3.63) is 83.9 Å². The van der Waals surface area contributed by atoms with Gasteiger partial charge in [0.1, 0.15) is 12.7 Å². The molecule has 5 aromatic rings. The highest BCUT2D eigenvalue weighted by Crippen LogP contribution is 2.29. The van der Waals surface area contributed by atoms with E-state index < -0.39 is 0 Å². The molecule has 3 aromatic heterocycles. The molecule has 5 rings (SSSR count). The summed E-state index contributed by atoms with van der Waals surface area (Å²) in [5.41, 5.74) is 5.96. The molecule has 0 fully saturated rings. The van der Waals surface area contributed by atoms with Crippen LogP contribution in [0.25, 0.3) is 27.3 Å². The highest BCUT2D eigenvalue weighted by molar-refractivity contribution is 6.13. The Labute approximate surface area is 173 Å². The third kappa shape index (κ3) is 3.13. The van der Waals surface area contributed by atoms with Gasteiger partial charge in [-0.25, -0.2) is 9.36 Å². The maximum Gasteiger partial charge on any atom is 0.378 e. The van der Waals surface area contributed by atoms with E-state index in [1.54, 1.807) is 0 Å². The van der Waals surface area contributed by atoms with Crippen LogP contribution < -0.4 is 17.0 Å². The smallest absolute Gasteiger partial charge is 0.378 e. The first kappa shape index (κ1) is 19.0. The van der Waals surface area contributed by atoms with Crippen molar-refractivity contribution in [2.24, 2.45) is 0 Å². The summed E-state index contributed by atoms with van der Waals surface area (Å²) in [6, 6.07) is 18.5. The van der Waals surface area contributed by atoms with Crippen LogP contribution in [0.3, 0.4) is 0 Å². The number of ether oxygens (including phenoxy) is 1. The summed E-state index contributed by atoms with van der Waals surface area (Å²) >= 11 is 0. The SMILES string of the molecule is COC(=O)c1cc2c3ccccc3[nH]c2c2c[n+](Cc3ccc(C)cc3)cn12.[Cl-]. The summed E-state index contributed by atoms with van der Waals surface area (Å²) in [4.78, 5) is 16.0. The van der Waals surface area contributed by atoms with Crippen molar-refractivity contribution in [3.8, 4) is 0 Å². The lowest BCUT2D eigenvalue weighted by Crippen LogP contribution is -3.00. The van der Waals surface area contributed by atoms with Crippen LogP contribution in [0.2, 0.25) is 0 Å². The average molecular weight is 406 g/mol. The van der Waals surface area contributed by atoms with Crippen molar-refractivity contribution in [1.82, 2.24) is 9.38 Å². The van der Waals surface area contributed by atoms with Crippen LogP contribution in [0, 0.1) is 6.92 Å². The summed E-state index contributed by atoms with van der Waals surface area (Å²) in [7, 11) is 1.41. The van der Waals surface area contributed by atoms with Crippen molar-refractivity contribution in [2.75, 3.05) is 7.11 Å². The number of halogens is 1. The number of benzene rings is 2. The van der Waals surface area contributed by atoms with E-state index in [2.05, 4.69) is 53.0 Å². The minimum atomic E-state index is -0.352. The fourth-order valence-electron chi connectivity index (χ4n) is 3.81. The molecular weight excluding hydrogens is 386 g/mol. The van der Waals surface area contributed by atoms with Crippen LogP contribution in [0.4, 0.5) is 0 Å². The summed E-state index contributed by atoms with van der Waals surface area (Å²) < 4.78 is 9.04. The topological polar surface area (TPSA) is 50.4 Å². The molecule has 0 bridgehead atoms. The number of carbonyl (C=O) groups excluding carboxylic acids is 1. The molecule has 3 heterocycles. The number of nitrogens with one attached hydrogen (secondary N) is 1. The van der Waals surface area contributed by atoms with Crippen molar-refractivity contribution in [1.29, 1.82) is 0 Å². The molecule has 5 nitrogen and oxygen atoms in total. The summed E-state index contributed by atoms with van der Waals surface area (Å²) in [5, 5.41) is 2.11. The summed E-state index contributed by atoms with van der Waals surface area (Å²) in [5.74, 6) is -0.352. The first-order valence-corrected chi connectivity index (χ1v) is 9.22. The number of imidazole rings is 1. The highest BCUT2D eigenvalue weighted by Gasteiger charge is 2.23. The van der Waals surface area contributed by atoms with E-state index in [0.717, 1.165) is 33.9 Å². The van der Waals surface area contributed by atoms with Gasteiger partial charge in [-0.2, -0.15) is 4.40 Å². The molecule has 0 atom stereocenters. The van der Waals surface area contributed by atoms with Crippen LogP contribution in [-0.4, -0.2) is 22.5 Å². The maximum absolute atomic E-state index is 12.5. The zero-order valence-corrected chi connectivity index (χ0v) is 16.9. The van der Waals surface area contributed by atoms with E-state index in [9.17, 15) is 4.79 Å². The minimum Gasteiger partial charge on any atom is -1.00 e. The van der Waals surface area contributed by atoms with Crippen molar-refractivity contribution in [2.45, 2.75) is 13.5 Å². The molecule has 1 N–H and O–H groups in total. The van der Waals surface area contributed by atoms with Crippen molar-refractivity contribution < 1.29 is 26.5 Å². The van der Waals surface area contributed by atoms with E-state index in [1.165, 1.54) is 18.2 Å². The Morgan fingerprint density at radius 1 is 1.10 bits per heavy atom. The lowest BCUT2D eigenvalue weighted by molar-refractivity contribution is -0.686. The summed E-state index contributed by atoms with van der Waals surface area (Å²) in [6.45, 7) is 2.81. The molecule has 0 aliphatic rings. The normalized spacial score (nSPS) is 11.1.